The fraction of sp³-hybridized carbons (Fsp3) is 0.286. The summed E-state index contributed by atoms with van der Waals surface area (Å²) in [6.45, 7) is 4.43. The molecule has 0 radical (unpaired) electrons. The van der Waals surface area contributed by atoms with Gasteiger partial charge in [-0.25, -0.2) is 0 Å². The third kappa shape index (κ3) is 10.0. The van der Waals surface area contributed by atoms with Gasteiger partial charge < -0.3 is 0 Å². The van der Waals surface area contributed by atoms with Gasteiger partial charge in [0, 0.05) is 0 Å². The van der Waals surface area contributed by atoms with Crippen molar-refractivity contribution < 1.29 is 52.5 Å². The van der Waals surface area contributed by atoms with Gasteiger partial charge >= 0.3 is 147 Å². The van der Waals surface area contributed by atoms with Gasteiger partial charge in [0.1, 0.15) is 0 Å². The van der Waals surface area contributed by atoms with Crippen molar-refractivity contribution in [3.8, 4) is 0 Å². The van der Waals surface area contributed by atoms with Crippen molar-refractivity contribution in [1.29, 1.82) is 0 Å². The van der Waals surface area contributed by atoms with Crippen LogP contribution >= 0.6 is 7.81 Å². The summed E-state index contributed by atoms with van der Waals surface area (Å²) in [5.74, 6) is 0. The molecule has 0 aromatic carbocycles. The molecule has 0 amide bonds. The molecule has 2 heterocycles. The van der Waals surface area contributed by atoms with Gasteiger partial charge in [-0.2, -0.15) is 0 Å². The van der Waals surface area contributed by atoms with Gasteiger partial charge in [-0.05, 0) is 0 Å². The quantitative estimate of drug-likeness (QED) is 0.356. The summed E-state index contributed by atoms with van der Waals surface area (Å²) in [7, 11) is -10.7. The fourth-order valence-corrected chi connectivity index (χ4v) is 4.41. The molecule has 0 unspecified atom stereocenters. The first-order valence-corrected chi connectivity index (χ1v) is 11.0. The van der Waals surface area contributed by atoms with E-state index in [2.05, 4.69) is 68.2 Å². The maximum atomic E-state index is 9.87. The molecular weight excluding hydrogens is 468 g/mol. The molecule has 0 spiro atoms. The average molecular weight is 486 g/mol. The van der Waals surface area contributed by atoms with E-state index in [4.69, 9.17) is 0 Å². The number of pyridine rings is 2. The third-order valence-corrected chi connectivity index (χ3v) is 5.48. The van der Waals surface area contributed by atoms with E-state index in [-0.39, 0.29) is 21.8 Å². The molecule has 0 atom stereocenters. The average Bonchev–Trinajstić information content (AvgIpc) is 2.45. The Hall–Kier alpha value is -0.960. The number of halogens is 7. The Labute approximate surface area is 147 Å². The number of nitrogens with zero attached hydrogens (tertiary/aromatic N) is 2. The van der Waals surface area contributed by atoms with Crippen LogP contribution in [0.25, 0.3) is 0 Å². The Morgan fingerprint density at radius 1 is 0.750 bits per heavy atom. The van der Waals surface area contributed by atoms with Crippen LogP contribution in [-0.2, 0) is 12.8 Å². The maximum absolute atomic E-state index is 10.7. The van der Waals surface area contributed by atoms with E-state index < -0.39 is 7.81 Å². The van der Waals surface area contributed by atoms with Crippen LogP contribution in [0.4, 0.5) is 25.2 Å². The Balaban J connectivity index is 0.000000351. The van der Waals surface area contributed by atoms with E-state index in [9.17, 15) is 25.2 Å². The minimum atomic E-state index is -10.7. The molecule has 0 saturated carbocycles. The van der Waals surface area contributed by atoms with Gasteiger partial charge in [-0.15, -0.1) is 0 Å². The van der Waals surface area contributed by atoms with Gasteiger partial charge in [0.15, 0.2) is 0 Å². The van der Waals surface area contributed by atoms with Crippen LogP contribution in [0.1, 0.15) is 25.2 Å². The second kappa shape index (κ2) is 7.11. The molecule has 0 N–H and O–H groups in total. The zero-order chi connectivity index (χ0) is 18.5. The van der Waals surface area contributed by atoms with E-state index in [0.29, 0.717) is 0 Å². The van der Waals surface area contributed by atoms with Crippen LogP contribution in [0.2, 0.25) is 0 Å². The molecule has 0 aliphatic heterocycles. The molecule has 0 fully saturated rings. The second-order valence-electron chi connectivity index (χ2n) is 4.75. The van der Waals surface area contributed by atoms with Gasteiger partial charge in [0.05, 0.1) is 0 Å². The van der Waals surface area contributed by atoms with E-state index in [0.717, 1.165) is 12.8 Å². The standard InChI is InChI=1S/C14H18IN2.F6P/c1-3-13-9-5-7-11-16(13)15-17-12-8-6-10-14(17)4-2;1-7(2,3,4,5)6/h5-12H,3-4H2,1-2H3;/q+1;-1. The summed E-state index contributed by atoms with van der Waals surface area (Å²) in [4.78, 5) is 0. The van der Waals surface area contributed by atoms with Gasteiger partial charge in [0.2, 0.25) is 0 Å². The van der Waals surface area contributed by atoms with Gasteiger partial charge in [0.25, 0.3) is 0 Å². The molecule has 0 aliphatic carbocycles. The number of hydrogen-bond acceptors (Lipinski definition) is 0. The summed E-state index contributed by atoms with van der Waals surface area (Å²) in [5, 5.41) is 0. The van der Waals surface area contributed by atoms with Crippen LogP contribution < -0.4 is 27.3 Å². The van der Waals surface area contributed by atoms with Crippen molar-refractivity contribution >= 4 is 7.81 Å². The molecule has 24 heavy (non-hydrogen) atoms. The van der Waals surface area contributed by atoms with E-state index in [1.807, 2.05) is 0 Å². The molecule has 2 nitrogen and oxygen atoms in total. The van der Waals surface area contributed by atoms with E-state index in [1.54, 1.807) is 0 Å². The van der Waals surface area contributed by atoms with Crippen LogP contribution in [0.15, 0.2) is 48.8 Å². The monoisotopic (exact) mass is 486 g/mol. The van der Waals surface area contributed by atoms with Gasteiger partial charge in [-0.1, -0.05) is 0 Å². The summed E-state index contributed by atoms with van der Waals surface area (Å²) < 4.78 is 64.0. The topological polar surface area (TPSA) is 7.76 Å². The van der Waals surface area contributed by atoms with Crippen molar-refractivity contribution in [3.63, 3.8) is 0 Å². The Morgan fingerprint density at radius 3 is 1.38 bits per heavy atom. The van der Waals surface area contributed by atoms with Crippen LogP contribution in [0, 0.1) is 0 Å². The molecule has 138 valence electrons. The van der Waals surface area contributed by atoms with Crippen molar-refractivity contribution in [2.75, 3.05) is 0 Å². The predicted octanol–water partition coefficient (Wildman–Crippen LogP) is 2.08. The Morgan fingerprint density at radius 2 is 1.08 bits per heavy atom. The Bertz CT molecular complexity index is 634. The molecule has 10 heteroatoms. The van der Waals surface area contributed by atoms with Crippen molar-refractivity contribution in [3.05, 3.63) is 60.2 Å². The fourth-order valence-electron chi connectivity index (χ4n) is 1.69. The first-order chi connectivity index (χ1) is 10.8. The van der Waals surface area contributed by atoms with Crippen molar-refractivity contribution in [2.45, 2.75) is 26.7 Å². The SMILES string of the molecule is CCc1cccc[n+]1[I-][n+]1ccccc1CC.F[P-](F)(F)(F)(F)F. The molecule has 2 aromatic rings. The summed E-state index contributed by atoms with van der Waals surface area (Å²) in [5.41, 5.74) is 2.83. The summed E-state index contributed by atoms with van der Waals surface area (Å²) >= 11 is -0.194. The van der Waals surface area contributed by atoms with E-state index in [1.165, 1.54) is 11.4 Å². The van der Waals surface area contributed by atoms with Crippen molar-refractivity contribution in [2.24, 2.45) is 0 Å². The van der Waals surface area contributed by atoms with Crippen LogP contribution in [0.5, 0.6) is 0 Å². The number of hydrogen-bond donors (Lipinski definition) is 0. The zero-order valence-corrected chi connectivity index (χ0v) is 16.1. The molecule has 2 rings (SSSR count). The molecule has 2 aromatic heterocycles. The first kappa shape index (κ1) is 21.1. The third-order valence-electron chi connectivity index (χ3n) is 2.67. The van der Waals surface area contributed by atoms with Crippen LogP contribution in [-0.4, -0.2) is 0 Å². The summed E-state index contributed by atoms with van der Waals surface area (Å²) in [6.07, 6.45) is 6.59. The minimum absolute atomic E-state index is 0.194. The number of aromatic nitrogens is 2. The molecule has 0 aliphatic rings. The number of aryl methyl sites for hydroxylation is 2. The van der Waals surface area contributed by atoms with Gasteiger partial charge in [-0.3, -0.25) is 0 Å². The summed E-state index contributed by atoms with van der Waals surface area (Å²) in [6, 6.07) is 12.9. The predicted molar refractivity (Wildman–Crippen MR) is 76.4 cm³/mol. The molecular formula is C14H18F6IN2P. The number of rotatable bonds is 4. The normalized spacial score (nSPS) is 14.3. The molecule has 0 bridgehead atoms. The van der Waals surface area contributed by atoms with E-state index >= 15 is 0 Å². The second-order valence-corrected chi connectivity index (χ2v) is 9.17. The zero-order valence-electron chi connectivity index (χ0n) is 13.0. The van der Waals surface area contributed by atoms with Crippen molar-refractivity contribution in [1.82, 2.24) is 0 Å². The Kier molecular flexibility index (Phi) is 6.25. The first-order valence-electron chi connectivity index (χ1n) is 7.01. The van der Waals surface area contributed by atoms with Crippen LogP contribution in [0.3, 0.4) is 0 Å². The molecule has 0 saturated heterocycles.